The fraction of sp³-hybridized carbons (Fsp3) is 0.441. The molecule has 0 aliphatic carbocycles. The fourth-order valence-corrected chi connectivity index (χ4v) is 9.59. The van der Waals surface area contributed by atoms with Gasteiger partial charge in [0.25, 0.3) is 5.91 Å². The molecule has 0 aromatic heterocycles. The molecule has 5 atom stereocenters. The van der Waals surface area contributed by atoms with E-state index in [1.165, 1.54) is 0 Å². The van der Waals surface area contributed by atoms with E-state index in [4.69, 9.17) is 16.3 Å². The average molecular weight is 636 g/mol. The Hall–Kier alpha value is -3.27. The lowest BCUT2D eigenvalue weighted by molar-refractivity contribution is -0.139. The van der Waals surface area contributed by atoms with Gasteiger partial charge < -0.3 is 24.5 Å². The van der Waals surface area contributed by atoms with Gasteiger partial charge in [-0.25, -0.2) is 0 Å². The summed E-state index contributed by atoms with van der Waals surface area (Å²) in [5.74, 6) is -1.10. The molecule has 44 heavy (non-hydrogen) atoms. The number of nitrogens with zero attached hydrogens (tertiary/aromatic N) is 3. The average Bonchev–Trinajstić information content (AvgIpc) is 3.27. The van der Waals surface area contributed by atoms with Gasteiger partial charge in [-0.3, -0.25) is 14.4 Å². The van der Waals surface area contributed by atoms with Gasteiger partial charge in [-0.05, 0) is 81.6 Å². The van der Waals surface area contributed by atoms with Crippen molar-refractivity contribution in [2.24, 2.45) is 11.8 Å². The number of hydrogen-bond acceptors (Lipinski definition) is 6. The second-order valence-corrected chi connectivity index (χ2v) is 14.1. The molecule has 4 aliphatic heterocycles. The number of hydrogen-bond donors (Lipinski definition) is 1. The highest BCUT2D eigenvalue weighted by molar-refractivity contribution is 8.02. The molecule has 10 heteroatoms. The van der Waals surface area contributed by atoms with Crippen molar-refractivity contribution in [1.82, 2.24) is 4.90 Å². The van der Waals surface area contributed by atoms with Crippen molar-refractivity contribution in [3.8, 4) is 5.75 Å². The summed E-state index contributed by atoms with van der Waals surface area (Å²) in [5.41, 5.74) is 1.45. The van der Waals surface area contributed by atoms with Crippen LogP contribution in [0.1, 0.15) is 33.1 Å². The molecule has 8 nitrogen and oxygen atoms in total. The molecule has 1 N–H and O–H groups in total. The summed E-state index contributed by atoms with van der Waals surface area (Å²) in [6, 6.07) is 13.8. The summed E-state index contributed by atoms with van der Waals surface area (Å²) in [5, 5.41) is 9.92. The van der Waals surface area contributed by atoms with Crippen LogP contribution in [-0.2, 0) is 14.4 Å². The summed E-state index contributed by atoms with van der Waals surface area (Å²) in [6.45, 7) is 5.70. The van der Waals surface area contributed by atoms with Gasteiger partial charge >= 0.3 is 0 Å². The maximum atomic E-state index is 14.6. The van der Waals surface area contributed by atoms with Crippen LogP contribution in [0.25, 0.3) is 0 Å². The highest BCUT2D eigenvalue weighted by atomic mass is 35.5. The molecule has 3 amide bonds. The van der Waals surface area contributed by atoms with Crippen molar-refractivity contribution in [3.63, 3.8) is 0 Å². The van der Waals surface area contributed by atoms with Gasteiger partial charge in [-0.2, -0.15) is 0 Å². The van der Waals surface area contributed by atoms with Crippen LogP contribution in [-0.4, -0.2) is 76.1 Å². The second-order valence-electron chi connectivity index (χ2n) is 11.9. The molecule has 1 unspecified atom stereocenters. The third kappa shape index (κ3) is 5.12. The number of thioether (sulfide) groups is 1. The van der Waals surface area contributed by atoms with Crippen molar-refractivity contribution in [1.29, 1.82) is 0 Å². The minimum absolute atomic E-state index is 0.0778. The Morgan fingerprint density at radius 3 is 2.16 bits per heavy atom. The number of ether oxygens (including phenoxy) is 1. The lowest BCUT2D eigenvalue weighted by Gasteiger charge is -2.37. The van der Waals surface area contributed by atoms with Gasteiger partial charge in [0.1, 0.15) is 11.8 Å². The first kappa shape index (κ1) is 30.7. The molecule has 2 aromatic rings. The molecule has 232 valence electrons. The van der Waals surface area contributed by atoms with E-state index in [2.05, 4.69) is 6.08 Å². The van der Waals surface area contributed by atoms with Gasteiger partial charge in [0.05, 0.1) is 23.2 Å². The van der Waals surface area contributed by atoms with Crippen molar-refractivity contribution in [2.75, 3.05) is 42.6 Å². The van der Waals surface area contributed by atoms with E-state index in [1.54, 1.807) is 38.6 Å². The van der Waals surface area contributed by atoms with E-state index in [0.717, 1.165) is 17.9 Å². The smallest absolute Gasteiger partial charge is 0.251 e. The highest BCUT2D eigenvalue weighted by Gasteiger charge is 2.73. The molecular weight excluding hydrogens is 598 g/mol. The zero-order chi connectivity index (χ0) is 31.1. The largest absolute Gasteiger partial charge is 0.494 e. The first-order valence-electron chi connectivity index (χ1n) is 15.3. The van der Waals surface area contributed by atoms with Crippen LogP contribution >= 0.6 is 23.4 Å². The van der Waals surface area contributed by atoms with Crippen LogP contribution in [0.5, 0.6) is 5.75 Å². The first-order chi connectivity index (χ1) is 21.2. The van der Waals surface area contributed by atoms with Crippen LogP contribution < -0.4 is 14.5 Å². The Balaban J connectivity index is 1.41. The van der Waals surface area contributed by atoms with Crippen LogP contribution in [0.15, 0.2) is 72.8 Å². The van der Waals surface area contributed by atoms with Gasteiger partial charge in [0, 0.05) is 47.4 Å². The number of aliphatic hydroxyl groups is 1. The van der Waals surface area contributed by atoms with E-state index in [9.17, 15) is 19.5 Å². The Morgan fingerprint density at radius 1 is 0.864 bits per heavy atom. The standard InChI is InChI=1S/C34H38ClN3O5S/c1-3-43-26-15-13-25(14-16-26)36-20-7-17-33(2)27(30(36)40)28-31(41)38(19-5-4-6-22-39)29-32(42)37(21-8-18-34(28,29)44-33)24-11-9-23(35)10-12-24/h7-18,27-29,39H,3-6,19-22H2,1-2H3/t27-,28-,29?,33+,34-/m0/s1. The number of likely N-dealkylation sites (tertiary alicyclic amines) is 1. The predicted molar refractivity (Wildman–Crippen MR) is 174 cm³/mol. The number of anilines is 2. The van der Waals surface area contributed by atoms with E-state index in [0.29, 0.717) is 49.8 Å². The zero-order valence-electron chi connectivity index (χ0n) is 25.0. The summed E-state index contributed by atoms with van der Waals surface area (Å²) in [4.78, 5) is 49.0. The normalized spacial score (nSPS) is 29.4. The minimum Gasteiger partial charge on any atom is -0.494 e. The molecule has 6 rings (SSSR count). The zero-order valence-corrected chi connectivity index (χ0v) is 26.6. The Kier molecular flexibility index (Phi) is 8.56. The topological polar surface area (TPSA) is 90.4 Å². The van der Waals surface area contributed by atoms with E-state index in [1.807, 2.05) is 68.5 Å². The minimum atomic E-state index is -0.923. The third-order valence-corrected chi connectivity index (χ3v) is 11.3. The number of unbranched alkanes of at least 4 members (excludes halogenated alkanes) is 2. The van der Waals surface area contributed by atoms with Crippen molar-refractivity contribution < 1.29 is 24.2 Å². The Labute approximate surface area is 267 Å². The van der Waals surface area contributed by atoms with Gasteiger partial charge in [-0.15, -0.1) is 11.8 Å². The fourth-order valence-electron chi connectivity index (χ4n) is 7.31. The van der Waals surface area contributed by atoms with Crippen LogP contribution in [0.4, 0.5) is 11.4 Å². The summed E-state index contributed by atoms with van der Waals surface area (Å²) in [7, 11) is 0. The van der Waals surface area contributed by atoms with Gasteiger partial charge in [-0.1, -0.05) is 35.9 Å². The molecule has 2 saturated heterocycles. The summed E-state index contributed by atoms with van der Waals surface area (Å²) in [6.07, 6.45) is 10.1. The maximum absolute atomic E-state index is 14.6. The molecule has 0 saturated carbocycles. The molecule has 2 aromatic carbocycles. The number of fused-ring (bicyclic) bond motifs is 2. The third-order valence-electron chi connectivity index (χ3n) is 9.21. The van der Waals surface area contributed by atoms with Crippen molar-refractivity contribution in [3.05, 3.63) is 77.9 Å². The monoisotopic (exact) mass is 635 g/mol. The molecular formula is C34H38ClN3O5S. The summed E-state index contributed by atoms with van der Waals surface area (Å²) >= 11 is 7.73. The van der Waals surface area contributed by atoms with Crippen molar-refractivity contribution in [2.45, 2.75) is 48.6 Å². The Morgan fingerprint density at radius 2 is 1.50 bits per heavy atom. The number of benzene rings is 2. The molecule has 4 aliphatic rings. The number of amides is 3. The number of carbonyl (C=O) groups is 3. The number of rotatable bonds is 9. The lowest BCUT2D eigenvalue weighted by Crippen LogP contribution is -2.53. The molecule has 1 spiro atoms. The SMILES string of the molecule is CCOc1ccc(N2CC=C[C@@]3(C)S[C@]45C=CCN(c6ccc(Cl)cc6)C(=O)C4N(CCCCCO)C(=O)[C@@H]5[C@H]3C2=O)cc1. The number of halogens is 1. The maximum Gasteiger partial charge on any atom is 0.251 e. The second kappa shape index (κ2) is 12.3. The quantitative estimate of drug-likeness (QED) is 0.305. The van der Waals surface area contributed by atoms with Gasteiger partial charge in [0.2, 0.25) is 11.8 Å². The first-order valence-corrected chi connectivity index (χ1v) is 16.5. The lowest BCUT2D eigenvalue weighted by atomic mass is 9.74. The molecule has 4 heterocycles. The number of carbonyl (C=O) groups excluding carboxylic acids is 3. The van der Waals surface area contributed by atoms with Crippen LogP contribution in [0.2, 0.25) is 5.02 Å². The predicted octanol–water partition coefficient (Wildman–Crippen LogP) is 5.09. The highest BCUT2D eigenvalue weighted by Crippen LogP contribution is 2.65. The Bertz CT molecular complexity index is 1480. The van der Waals surface area contributed by atoms with E-state index >= 15 is 0 Å². The van der Waals surface area contributed by atoms with Crippen LogP contribution in [0, 0.1) is 11.8 Å². The van der Waals surface area contributed by atoms with E-state index < -0.39 is 27.4 Å². The molecule has 0 radical (unpaired) electrons. The molecule has 2 fully saturated rings. The van der Waals surface area contributed by atoms with Crippen molar-refractivity contribution >= 4 is 52.5 Å². The van der Waals surface area contributed by atoms with Gasteiger partial charge in [0.15, 0.2) is 0 Å². The van der Waals surface area contributed by atoms with Crippen LogP contribution in [0.3, 0.4) is 0 Å². The summed E-state index contributed by atoms with van der Waals surface area (Å²) < 4.78 is 3.99. The number of aliphatic hydroxyl groups excluding tert-OH is 1. The van der Waals surface area contributed by atoms with E-state index in [-0.39, 0.29) is 24.3 Å². The molecule has 0 bridgehead atoms.